The summed E-state index contributed by atoms with van der Waals surface area (Å²) in [5.41, 5.74) is 7.40. The Bertz CT molecular complexity index is 566. The van der Waals surface area contributed by atoms with Crippen LogP contribution in [0.1, 0.15) is 13.8 Å². The summed E-state index contributed by atoms with van der Waals surface area (Å²) in [6, 6.07) is 5.04. The van der Waals surface area contributed by atoms with Crippen LogP contribution in [0.2, 0.25) is 0 Å². The van der Waals surface area contributed by atoms with E-state index < -0.39 is 0 Å². The summed E-state index contributed by atoms with van der Waals surface area (Å²) >= 11 is 0. The minimum atomic E-state index is -0.318. The summed E-state index contributed by atoms with van der Waals surface area (Å²) in [7, 11) is 1.88. The van der Waals surface area contributed by atoms with E-state index in [1.54, 1.807) is 6.20 Å². The molecule has 0 radical (unpaired) electrons. The molecule has 0 saturated carbocycles. The highest BCUT2D eigenvalue weighted by Gasteiger charge is 2.16. The summed E-state index contributed by atoms with van der Waals surface area (Å²) in [4.78, 5) is 6.17. The Balaban J connectivity index is 2.62. The van der Waals surface area contributed by atoms with Crippen molar-refractivity contribution in [1.82, 2.24) is 4.98 Å². The molecule has 0 amide bonds. The lowest BCUT2D eigenvalue weighted by atomic mass is 10.1. The average Bonchev–Trinajstić information content (AvgIpc) is 2.28. The van der Waals surface area contributed by atoms with Gasteiger partial charge in [0.05, 0.1) is 11.2 Å². The molecule has 0 aliphatic heterocycles. The summed E-state index contributed by atoms with van der Waals surface area (Å²) in [6.45, 7) is 4.97. The molecule has 0 unspecified atom stereocenters. The lowest BCUT2D eigenvalue weighted by Crippen LogP contribution is -2.24. The number of nitrogens with zero attached hydrogens (tertiary/aromatic N) is 2. The summed E-state index contributed by atoms with van der Waals surface area (Å²) in [5, 5.41) is 0.796. The first kappa shape index (κ1) is 12.6. The maximum atomic E-state index is 14.1. The van der Waals surface area contributed by atoms with Crippen LogP contribution in [0.3, 0.4) is 0 Å². The molecule has 4 heteroatoms. The van der Waals surface area contributed by atoms with Gasteiger partial charge in [0, 0.05) is 30.9 Å². The van der Waals surface area contributed by atoms with Gasteiger partial charge in [-0.2, -0.15) is 0 Å². The Labute approximate surface area is 106 Å². The number of benzene rings is 1. The van der Waals surface area contributed by atoms with Crippen molar-refractivity contribution in [1.29, 1.82) is 0 Å². The van der Waals surface area contributed by atoms with Gasteiger partial charge in [-0.15, -0.1) is 0 Å². The van der Waals surface area contributed by atoms with Crippen LogP contribution in [0.15, 0.2) is 24.4 Å². The topological polar surface area (TPSA) is 42.1 Å². The van der Waals surface area contributed by atoms with Crippen LogP contribution in [0, 0.1) is 11.7 Å². The van der Waals surface area contributed by atoms with Gasteiger partial charge in [-0.05, 0) is 24.1 Å². The van der Waals surface area contributed by atoms with E-state index in [-0.39, 0.29) is 5.82 Å². The number of hydrogen-bond acceptors (Lipinski definition) is 3. The van der Waals surface area contributed by atoms with Gasteiger partial charge in [0.15, 0.2) is 5.82 Å². The predicted molar refractivity (Wildman–Crippen MR) is 74.2 cm³/mol. The number of nitrogen functional groups attached to an aromatic ring is 1. The highest BCUT2D eigenvalue weighted by atomic mass is 19.1. The van der Waals surface area contributed by atoms with Crippen LogP contribution in [-0.2, 0) is 0 Å². The molecule has 0 atom stereocenters. The van der Waals surface area contributed by atoms with E-state index in [9.17, 15) is 4.39 Å². The second-order valence-corrected chi connectivity index (χ2v) is 4.97. The number of rotatable bonds is 3. The number of aromatic nitrogens is 1. The van der Waals surface area contributed by atoms with Gasteiger partial charge in [-0.25, -0.2) is 4.39 Å². The Morgan fingerprint density at radius 3 is 2.83 bits per heavy atom. The highest BCUT2D eigenvalue weighted by Crippen LogP contribution is 2.32. The Kier molecular flexibility index (Phi) is 3.36. The second-order valence-electron chi connectivity index (χ2n) is 4.97. The number of halogens is 1. The SMILES string of the molecule is CC(C)CN(C)c1c(F)cc(N)c2cccnc12. The molecule has 2 rings (SSSR count). The minimum absolute atomic E-state index is 0.318. The fraction of sp³-hybridized carbons (Fsp3) is 0.357. The quantitative estimate of drug-likeness (QED) is 0.848. The Morgan fingerprint density at radius 1 is 1.44 bits per heavy atom. The van der Waals surface area contributed by atoms with E-state index in [2.05, 4.69) is 18.8 Å². The number of anilines is 2. The summed E-state index contributed by atoms with van der Waals surface area (Å²) in [5.74, 6) is 0.132. The first-order valence-corrected chi connectivity index (χ1v) is 6.04. The van der Waals surface area contributed by atoms with Gasteiger partial charge >= 0.3 is 0 Å². The van der Waals surface area contributed by atoms with Crippen LogP contribution in [0.5, 0.6) is 0 Å². The zero-order valence-corrected chi connectivity index (χ0v) is 10.9. The van der Waals surface area contributed by atoms with Gasteiger partial charge in [0.2, 0.25) is 0 Å². The minimum Gasteiger partial charge on any atom is -0.398 e. The van der Waals surface area contributed by atoms with Crippen molar-refractivity contribution in [2.24, 2.45) is 5.92 Å². The van der Waals surface area contributed by atoms with Gasteiger partial charge in [0.25, 0.3) is 0 Å². The first-order valence-electron chi connectivity index (χ1n) is 6.04. The molecule has 1 aromatic heterocycles. The normalized spacial score (nSPS) is 11.2. The third-order valence-electron chi connectivity index (χ3n) is 2.87. The fourth-order valence-electron chi connectivity index (χ4n) is 2.22. The van der Waals surface area contributed by atoms with Crippen molar-refractivity contribution >= 4 is 22.3 Å². The van der Waals surface area contributed by atoms with Crippen molar-refractivity contribution in [3.05, 3.63) is 30.2 Å². The number of hydrogen-bond donors (Lipinski definition) is 1. The van der Waals surface area contributed by atoms with Crippen LogP contribution < -0.4 is 10.6 Å². The summed E-state index contributed by atoms with van der Waals surface area (Å²) < 4.78 is 14.1. The van der Waals surface area contributed by atoms with Crippen molar-refractivity contribution in [2.75, 3.05) is 24.2 Å². The molecule has 2 N–H and O–H groups in total. The molecule has 1 heterocycles. The average molecular weight is 247 g/mol. The monoisotopic (exact) mass is 247 g/mol. The summed E-state index contributed by atoms with van der Waals surface area (Å²) in [6.07, 6.45) is 1.66. The van der Waals surface area contributed by atoms with Crippen molar-refractivity contribution in [3.8, 4) is 0 Å². The van der Waals surface area contributed by atoms with Crippen LogP contribution in [0.4, 0.5) is 15.8 Å². The number of pyridine rings is 1. The van der Waals surface area contributed by atoms with Gasteiger partial charge in [0.1, 0.15) is 0 Å². The standard InChI is InChI=1S/C14H18FN3/c1-9(2)8-18(3)14-11(15)7-12(16)10-5-4-6-17-13(10)14/h4-7,9H,8,16H2,1-3H3. The number of fused-ring (bicyclic) bond motifs is 1. The smallest absolute Gasteiger partial charge is 0.150 e. The molecule has 2 aromatic rings. The molecule has 96 valence electrons. The Morgan fingerprint density at radius 2 is 2.17 bits per heavy atom. The van der Waals surface area contributed by atoms with Crippen molar-refractivity contribution in [3.63, 3.8) is 0 Å². The zero-order chi connectivity index (χ0) is 13.3. The molecule has 0 saturated heterocycles. The lowest BCUT2D eigenvalue weighted by molar-refractivity contribution is 0.602. The van der Waals surface area contributed by atoms with Gasteiger partial charge in [-0.3, -0.25) is 4.98 Å². The molecule has 1 aromatic carbocycles. The van der Waals surface area contributed by atoms with E-state index in [0.29, 0.717) is 22.8 Å². The largest absolute Gasteiger partial charge is 0.398 e. The first-order chi connectivity index (χ1) is 8.50. The second kappa shape index (κ2) is 4.80. The maximum Gasteiger partial charge on any atom is 0.150 e. The van der Waals surface area contributed by atoms with Crippen molar-refractivity contribution in [2.45, 2.75) is 13.8 Å². The predicted octanol–water partition coefficient (Wildman–Crippen LogP) is 3.05. The van der Waals surface area contributed by atoms with Gasteiger partial charge in [-0.1, -0.05) is 13.8 Å². The molecular weight excluding hydrogens is 229 g/mol. The third-order valence-corrected chi connectivity index (χ3v) is 2.87. The maximum absolute atomic E-state index is 14.1. The van der Waals surface area contributed by atoms with Gasteiger partial charge < -0.3 is 10.6 Å². The molecule has 0 aliphatic rings. The zero-order valence-electron chi connectivity index (χ0n) is 10.9. The van der Waals surface area contributed by atoms with Crippen LogP contribution in [0.25, 0.3) is 10.9 Å². The molecule has 0 fully saturated rings. The lowest BCUT2D eigenvalue weighted by Gasteiger charge is -2.23. The van der Waals surface area contributed by atoms with E-state index in [1.807, 2.05) is 24.1 Å². The molecular formula is C14H18FN3. The molecule has 3 nitrogen and oxygen atoms in total. The molecule has 18 heavy (non-hydrogen) atoms. The Hall–Kier alpha value is -1.84. The van der Waals surface area contributed by atoms with E-state index in [4.69, 9.17) is 5.73 Å². The highest BCUT2D eigenvalue weighted by molar-refractivity contribution is 5.98. The molecule has 0 spiro atoms. The fourth-order valence-corrected chi connectivity index (χ4v) is 2.22. The van der Waals surface area contributed by atoms with E-state index >= 15 is 0 Å². The van der Waals surface area contributed by atoms with Crippen LogP contribution in [-0.4, -0.2) is 18.6 Å². The number of nitrogens with two attached hydrogens (primary N) is 1. The molecule has 0 bridgehead atoms. The third kappa shape index (κ3) is 2.23. The van der Waals surface area contributed by atoms with E-state index in [1.165, 1.54) is 6.07 Å². The van der Waals surface area contributed by atoms with Crippen LogP contribution >= 0.6 is 0 Å². The molecule has 0 aliphatic carbocycles. The van der Waals surface area contributed by atoms with Crippen molar-refractivity contribution < 1.29 is 4.39 Å². The van der Waals surface area contributed by atoms with E-state index in [0.717, 1.165) is 11.9 Å².